The fourth-order valence-corrected chi connectivity index (χ4v) is 3.70. The highest BCUT2D eigenvalue weighted by atomic mass is 32.1. The van der Waals surface area contributed by atoms with Gasteiger partial charge in [-0.1, -0.05) is 18.9 Å². The van der Waals surface area contributed by atoms with Crippen LogP contribution in [0.3, 0.4) is 0 Å². The van der Waals surface area contributed by atoms with E-state index in [1.165, 1.54) is 0 Å². The van der Waals surface area contributed by atoms with Gasteiger partial charge in [0.1, 0.15) is 5.56 Å². The molecule has 3 rings (SSSR count). The number of rotatable bonds is 3. The highest BCUT2D eigenvalue weighted by Crippen LogP contribution is 2.33. The molecule has 110 valence electrons. The van der Waals surface area contributed by atoms with Crippen LogP contribution in [0.25, 0.3) is 10.6 Å². The van der Waals surface area contributed by atoms with Gasteiger partial charge in [0.15, 0.2) is 0 Å². The van der Waals surface area contributed by atoms with Gasteiger partial charge in [-0.05, 0) is 36.4 Å². The van der Waals surface area contributed by atoms with Crippen LogP contribution in [0.5, 0.6) is 0 Å². The second-order valence-electron chi connectivity index (χ2n) is 5.20. The quantitative estimate of drug-likeness (QED) is 0.519. The number of carbonyl (C=O) groups is 1. The van der Waals surface area contributed by atoms with Gasteiger partial charge in [-0.25, -0.2) is 5.84 Å². The molecule has 0 atom stereocenters. The lowest BCUT2D eigenvalue weighted by Crippen LogP contribution is -2.37. The molecular formula is C15H17N3O2S. The average molecular weight is 303 g/mol. The van der Waals surface area contributed by atoms with Gasteiger partial charge in [-0.15, -0.1) is 11.3 Å². The second kappa shape index (κ2) is 5.83. The fraction of sp³-hybridized carbons (Fsp3) is 0.333. The molecule has 0 bridgehead atoms. The second-order valence-corrected chi connectivity index (χ2v) is 6.14. The Bertz CT molecular complexity index is 700. The molecule has 5 nitrogen and oxygen atoms in total. The Hall–Kier alpha value is -1.92. The van der Waals surface area contributed by atoms with E-state index in [0.717, 1.165) is 36.3 Å². The van der Waals surface area contributed by atoms with Crippen molar-refractivity contribution >= 4 is 17.2 Å². The zero-order valence-electron chi connectivity index (χ0n) is 11.5. The van der Waals surface area contributed by atoms with Crippen molar-refractivity contribution in [1.82, 2.24) is 9.99 Å². The number of nitrogens with two attached hydrogens (primary N) is 1. The van der Waals surface area contributed by atoms with Crippen molar-refractivity contribution in [2.45, 2.75) is 31.7 Å². The first-order valence-electron chi connectivity index (χ1n) is 7.02. The third kappa shape index (κ3) is 2.52. The molecule has 2 aromatic heterocycles. The Kier molecular flexibility index (Phi) is 3.90. The largest absolute Gasteiger partial charge is 0.304 e. The number of thiophene rings is 1. The topological polar surface area (TPSA) is 77.1 Å². The van der Waals surface area contributed by atoms with Crippen LogP contribution in [-0.2, 0) is 0 Å². The first-order valence-corrected chi connectivity index (χ1v) is 7.90. The van der Waals surface area contributed by atoms with Crippen LogP contribution in [-0.4, -0.2) is 10.5 Å². The van der Waals surface area contributed by atoms with Crippen LogP contribution in [0, 0.1) is 0 Å². The van der Waals surface area contributed by atoms with E-state index >= 15 is 0 Å². The SMILES string of the molecule is NNC(=O)c1ccc(-c2cccs2)n(C2CCCC2)c1=O. The van der Waals surface area contributed by atoms with Crippen molar-refractivity contribution in [3.63, 3.8) is 0 Å². The number of aromatic nitrogens is 1. The molecule has 1 saturated carbocycles. The minimum atomic E-state index is -0.538. The van der Waals surface area contributed by atoms with Crippen LogP contribution in [0.4, 0.5) is 0 Å². The Labute approximate surface area is 126 Å². The molecule has 6 heteroatoms. The zero-order valence-corrected chi connectivity index (χ0v) is 12.4. The van der Waals surface area contributed by atoms with Gasteiger partial charge in [0.2, 0.25) is 0 Å². The van der Waals surface area contributed by atoms with E-state index in [1.807, 2.05) is 29.0 Å². The zero-order chi connectivity index (χ0) is 14.8. The van der Waals surface area contributed by atoms with Crippen LogP contribution >= 0.6 is 11.3 Å². The van der Waals surface area contributed by atoms with E-state index in [9.17, 15) is 9.59 Å². The number of nitrogens with zero attached hydrogens (tertiary/aromatic N) is 1. The number of hydrazine groups is 1. The predicted molar refractivity (Wildman–Crippen MR) is 83.2 cm³/mol. The van der Waals surface area contributed by atoms with Gasteiger partial charge in [0, 0.05) is 6.04 Å². The lowest BCUT2D eigenvalue weighted by Gasteiger charge is -2.19. The number of nitrogen functional groups attached to an aromatic ring is 1. The number of pyridine rings is 1. The maximum absolute atomic E-state index is 12.7. The van der Waals surface area contributed by atoms with Gasteiger partial charge >= 0.3 is 0 Å². The number of hydrogen-bond donors (Lipinski definition) is 2. The molecule has 2 aromatic rings. The van der Waals surface area contributed by atoms with Crippen LogP contribution < -0.4 is 16.8 Å². The van der Waals surface area contributed by atoms with E-state index < -0.39 is 5.91 Å². The molecular weight excluding hydrogens is 286 g/mol. The molecule has 1 aliphatic rings. The lowest BCUT2D eigenvalue weighted by atomic mass is 10.1. The van der Waals surface area contributed by atoms with E-state index in [4.69, 9.17) is 5.84 Å². The summed E-state index contributed by atoms with van der Waals surface area (Å²) in [4.78, 5) is 25.5. The number of hydrogen-bond acceptors (Lipinski definition) is 4. The molecule has 3 N–H and O–H groups in total. The standard InChI is InChI=1S/C15H17N3O2S/c16-17-14(19)11-7-8-12(13-6-3-9-21-13)18(15(11)20)10-4-1-2-5-10/h3,6-10H,1-2,4-5,16H2,(H,17,19). The van der Waals surface area contributed by atoms with E-state index in [0.29, 0.717) is 0 Å². The van der Waals surface area contributed by atoms with Gasteiger partial charge < -0.3 is 4.57 Å². The summed E-state index contributed by atoms with van der Waals surface area (Å²) >= 11 is 1.59. The summed E-state index contributed by atoms with van der Waals surface area (Å²) in [7, 11) is 0. The van der Waals surface area contributed by atoms with E-state index in [1.54, 1.807) is 22.0 Å². The fourth-order valence-electron chi connectivity index (χ4n) is 2.95. The summed E-state index contributed by atoms with van der Waals surface area (Å²) in [5.41, 5.74) is 2.78. The van der Waals surface area contributed by atoms with Crippen molar-refractivity contribution in [3.05, 3.63) is 45.6 Å². The number of amides is 1. The smallest absolute Gasteiger partial charge is 0.270 e. The maximum Gasteiger partial charge on any atom is 0.270 e. The molecule has 1 aliphatic carbocycles. The summed E-state index contributed by atoms with van der Waals surface area (Å²) in [6, 6.07) is 7.53. The van der Waals surface area contributed by atoms with Gasteiger partial charge in [-0.2, -0.15) is 0 Å². The Morgan fingerprint density at radius 2 is 2.05 bits per heavy atom. The Balaban J connectivity index is 2.19. The Morgan fingerprint density at radius 1 is 1.29 bits per heavy atom. The molecule has 0 radical (unpaired) electrons. The van der Waals surface area contributed by atoms with Crippen molar-refractivity contribution in [2.24, 2.45) is 5.84 Å². The van der Waals surface area contributed by atoms with Crippen molar-refractivity contribution < 1.29 is 4.79 Å². The summed E-state index contributed by atoms with van der Waals surface area (Å²) in [6.07, 6.45) is 4.19. The number of carbonyl (C=O) groups excluding carboxylic acids is 1. The van der Waals surface area contributed by atoms with Crippen LogP contribution in [0.2, 0.25) is 0 Å². The number of nitrogens with one attached hydrogen (secondary N) is 1. The molecule has 0 aromatic carbocycles. The summed E-state index contributed by atoms with van der Waals surface area (Å²) in [6.45, 7) is 0. The molecule has 0 saturated heterocycles. The van der Waals surface area contributed by atoms with Crippen LogP contribution in [0.1, 0.15) is 42.1 Å². The molecule has 21 heavy (non-hydrogen) atoms. The van der Waals surface area contributed by atoms with Crippen LogP contribution in [0.15, 0.2) is 34.4 Å². The lowest BCUT2D eigenvalue weighted by molar-refractivity contribution is 0.0951. The normalized spacial score (nSPS) is 15.3. The molecule has 1 fully saturated rings. The molecule has 1 amide bonds. The average Bonchev–Trinajstić information content (AvgIpc) is 3.19. The van der Waals surface area contributed by atoms with Gasteiger partial charge in [0.05, 0.1) is 10.6 Å². The third-order valence-corrected chi connectivity index (χ3v) is 4.85. The molecule has 0 unspecified atom stereocenters. The summed E-state index contributed by atoms with van der Waals surface area (Å²) in [5.74, 6) is 4.63. The summed E-state index contributed by atoms with van der Waals surface area (Å²) in [5, 5.41) is 1.99. The highest BCUT2D eigenvalue weighted by molar-refractivity contribution is 7.13. The minimum Gasteiger partial charge on any atom is -0.304 e. The molecule has 2 heterocycles. The monoisotopic (exact) mass is 303 g/mol. The van der Waals surface area contributed by atoms with Crippen molar-refractivity contribution in [3.8, 4) is 10.6 Å². The predicted octanol–water partition coefficient (Wildman–Crippen LogP) is 2.30. The van der Waals surface area contributed by atoms with Crippen molar-refractivity contribution in [2.75, 3.05) is 0 Å². The first kappa shape index (κ1) is 14.0. The van der Waals surface area contributed by atoms with E-state index in [-0.39, 0.29) is 17.2 Å². The van der Waals surface area contributed by atoms with Gasteiger partial charge in [0.25, 0.3) is 11.5 Å². The molecule has 0 spiro atoms. The minimum absolute atomic E-state index is 0.102. The highest BCUT2D eigenvalue weighted by Gasteiger charge is 2.24. The molecule has 0 aliphatic heterocycles. The Morgan fingerprint density at radius 3 is 2.67 bits per heavy atom. The first-order chi connectivity index (χ1) is 10.2. The third-order valence-electron chi connectivity index (χ3n) is 3.96. The van der Waals surface area contributed by atoms with Crippen molar-refractivity contribution in [1.29, 1.82) is 0 Å². The van der Waals surface area contributed by atoms with Gasteiger partial charge in [-0.3, -0.25) is 15.0 Å². The summed E-state index contributed by atoms with van der Waals surface area (Å²) < 4.78 is 1.78. The maximum atomic E-state index is 12.7. The van der Waals surface area contributed by atoms with E-state index in [2.05, 4.69) is 0 Å².